The van der Waals surface area contributed by atoms with Crippen LogP contribution in [-0.4, -0.2) is 29.4 Å². The highest BCUT2D eigenvalue weighted by molar-refractivity contribution is 7.92. The van der Waals surface area contributed by atoms with E-state index < -0.39 is 21.6 Å². The van der Waals surface area contributed by atoms with Gasteiger partial charge in [0.1, 0.15) is 5.76 Å². The maximum Gasteiger partial charge on any atom is 0.323 e. The maximum absolute atomic E-state index is 12.9. The number of benzene rings is 2. The lowest BCUT2D eigenvalue weighted by Gasteiger charge is -2.13. The van der Waals surface area contributed by atoms with Crippen molar-refractivity contribution in [3.63, 3.8) is 0 Å². The van der Waals surface area contributed by atoms with Crippen LogP contribution in [0.25, 0.3) is 11.0 Å². The molecule has 0 aliphatic carbocycles. The highest BCUT2D eigenvalue weighted by Crippen LogP contribution is 2.22. The number of amides is 1. The van der Waals surface area contributed by atoms with E-state index in [1.165, 1.54) is 30.3 Å². The van der Waals surface area contributed by atoms with Crippen LogP contribution in [0.3, 0.4) is 0 Å². The molecule has 0 saturated carbocycles. The van der Waals surface area contributed by atoms with Crippen LogP contribution in [0, 0.1) is 13.8 Å². The molecule has 0 radical (unpaired) electrons. The molecule has 0 unspecified atom stereocenters. The smallest absolute Gasteiger partial charge is 0.323 e. The molecule has 0 fully saturated rings. The summed E-state index contributed by atoms with van der Waals surface area (Å²) in [5.74, 6) is 0.147. The number of aromatic nitrogens is 3. The van der Waals surface area contributed by atoms with Gasteiger partial charge in [0.15, 0.2) is 0 Å². The van der Waals surface area contributed by atoms with E-state index in [9.17, 15) is 18.0 Å². The SMILES string of the molecule is Cc1noc(C)c1CNC(=O)c1ccccc1NS(=O)(=O)c1ccc2[nH]c(=O)[nH]c2c1. The molecule has 0 spiro atoms. The Balaban J connectivity index is 1.58. The second kappa shape index (κ2) is 7.76. The number of carbonyl (C=O) groups excluding carboxylic acids is 1. The number of rotatable bonds is 6. The van der Waals surface area contributed by atoms with Crippen LogP contribution in [0.4, 0.5) is 5.69 Å². The van der Waals surface area contributed by atoms with E-state index in [0.29, 0.717) is 22.5 Å². The van der Waals surface area contributed by atoms with Crippen molar-refractivity contribution >= 4 is 32.7 Å². The summed E-state index contributed by atoms with van der Waals surface area (Å²) in [5, 5.41) is 6.61. The van der Waals surface area contributed by atoms with Crippen LogP contribution in [-0.2, 0) is 16.6 Å². The fraction of sp³-hybridized carbons (Fsp3) is 0.150. The highest BCUT2D eigenvalue weighted by Gasteiger charge is 2.20. The van der Waals surface area contributed by atoms with E-state index in [-0.39, 0.29) is 22.7 Å². The standard InChI is InChI=1S/C20H19N5O5S/c1-11-15(12(2)30-24-11)10-21-19(26)14-5-3-4-6-16(14)25-31(28,29)13-7-8-17-18(9-13)23-20(27)22-17/h3-9,25H,10H2,1-2H3,(H,21,26)(H2,22,23,27). The zero-order valence-corrected chi connectivity index (χ0v) is 17.5. The van der Waals surface area contributed by atoms with Crippen molar-refractivity contribution in [1.82, 2.24) is 20.4 Å². The van der Waals surface area contributed by atoms with Gasteiger partial charge in [-0.15, -0.1) is 0 Å². The molecule has 0 saturated heterocycles. The van der Waals surface area contributed by atoms with Gasteiger partial charge in [0.2, 0.25) is 0 Å². The Kier molecular flexibility index (Phi) is 5.11. The highest BCUT2D eigenvalue weighted by atomic mass is 32.2. The third kappa shape index (κ3) is 4.08. The minimum Gasteiger partial charge on any atom is -0.361 e. The van der Waals surface area contributed by atoms with Crippen molar-refractivity contribution in [3.8, 4) is 0 Å². The Hall–Kier alpha value is -3.86. The van der Waals surface area contributed by atoms with Gasteiger partial charge in [0.25, 0.3) is 15.9 Å². The number of hydrogen-bond donors (Lipinski definition) is 4. The van der Waals surface area contributed by atoms with Crippen molar-refractivity contribution in [2.45, 2.75) is 25.3 Å². The van der Waals surface area contributed by atoms with E-state index >= 15 is 0 Å². The Bertz CT molecular complexity index is 1430. The van der Waals surface area contributed by atoms with Crippen LogP contribution >= 0.6 is 0 Å². The van der Waals surface area contributed by atoms with E-state index in [4.69, 9.17) is 4.52 Å². The molecule has 2 aromatic heterocycles. The summed E-state index contributed by atoms with van der Waals surface area (Å²) in [7, 11) is -4.01. The summed E-state index contributed by atoms with van der Waals surface area (Å²) in [6.45, 7) is 3.71. The topological polar surface area (TPSA) is 150 Å². The number of sulfonamides is 1. The predicted molar refractivity (Wildman–Crippen MR) is 113 cm³/mol. The number of para-hydroxylation sites is 1. The van der Waals surface area contributed by atoms with Crippen LogP contribution in [0.2, 0.25) is 0 Å². The number of nitrogens with zero attached hydrogens (tertiary/aromatic N) is 1. The first-order valence-corrected chi connectivity index (χ1v) is 10.8. The molecule has 31 heavy (non-hydrogen) atoms. The van der Waals surface area contributed by atoms with Crippen molar-refractivity contribution in [1.29, 1.82) is 0 Å². The molecule has 4 rings (SSSR count). The molecule has 0 atom stereocenters. The number of aryl methyl sites for hydroxylation is 2. The second-order valence-corrected chi connectivity index (χ2v) is 8.61. The van der Waals surface area contributed by atoms with Gasteiger partial charge in [0, 0.05) is 12.1 Å². The number of carbonyl (C=O) groups is 1. The molecule has 160 valence electrons. The van der Waals surface area contributed by atoms with Gasteiger partial charge in [-0.05, 0) is 44.2 Å². The summed E-state index contributed by atoms with van der Waals surface area (Å²) >= 11 is 0. The average molecular weight is 441 g/mol. The summed E-state index contributed by atoms with van der Waals surface area (Å²) in [4.78, 5) is 29.2. The molecule has 0 bridgehead atoms. The number of hydrogen-bond acceptors (Lipinski definition) is 6. The third-order valence-corrected chi connectivity index (χ3v) is 6.18. The summed E-state index contributed by atoms with van der Waals surface area (Å²) in [6.07, 6.45) is 0. The molecule has 0 aliphatic heterocycles. The Morgan fingerprint density at radius 3 is 2.58 bits per heavy atom. The minimum absolute atomic E-state index is 0.0545. The van der Waals surface area contributed by atoms with Gasteiger partial charge in [-0.3, -0.25) is 9.52 Å². The molecule has 10 nitrogen and oxygen atoms in total. The molecular formula is C20H19N5O5S. The number of fused-ring (bicyclic) bond motifs is 1. The van der Waals surface area contributed by atoms with Crippen LogP contribution in [0.15, 0.2) is 56.7 Å². The predicted octanol–water partition coefficient (Wildman–Crippen LogP) is 2.19. The molecule has 1 amide bonds. The first kappa shape index (κ1) is 20.4. The van der Waals surface area contributed by atoms with Crippen LogP contribution in [0.1, 0.15) is 27.4 Å². The third-order valence-electron chi connectivity index (χ3n) is 4.82. The zero-order valence-electron chi connectivity index (χ0n) is 16.6. The summed E-state index contributed by atoms with van der Waals surface area (Å²) in [5.41, 5.74) is 2.14. The van der Waals surface area contributed by atoms with Gasteiger partial charge in [0.05, 0.1) is 32.9 Å². The lowest BCUT2D eigenvalue weighted by Crippen LogP contribution is -2.25. The van der Waals surface area contributed by atoms with Gasteiger partial charge in [-0.1, -0.05) is 17.3 Å². The lowest BCUT2D eigenvalue weighted by atomic mass is 10.1. The van der Waals surface area contributed by atoms with Crippen molar-refractivity contribution in [3.05, 3.63) is 75.5 Å². The van der Waals surface area contributed by atoms with Gasteiger partial charge in [-0.2, -0.15) is 0 Å². The number of anilines is 1. The number of aromatic amines is 2. The fourth-order valence-corrected chi connectivity index (χ4v) is 4.28. The maximum atomic E-state index is 12.9. The first-order chi connectivity index (χ1) is 14.7. The van der Waals surface area contributed by atoms with Crippen LogP contribution < -0.4 is 15.7 Å². The first-order valence-electron chi connectivity index (χ1n) is 9.28. The molecule has 0 aliphatic rings. The second-order valence-electron chi connectivity index (χ2n) is 6.92. The lowest BCUT2D eigenvalue weighted by molar-refractivity contribution is 0.0951. The fourth-order valence-electron chi connectivity index (χ4n) is 3.17. The molecular weight excluding hydrogens is 422 g/mol. The average Bonchev–Trinajstić information content (AvgIpc) is 3.26. The Labute approximate surface area is 176 Å². The Morgan fingerprint density at radius 1 is 1.10 bits per heavy atom. The normalized spacial score (nSPS) is 11.5. The van der Waals surface area contributed by atoms with Crippen molar-refractivity contribution in [2.24, 2.45) is 0 Å². The van der Waals surface area contributed by atoms with E-state index in [1.807, 2.05) is 0 Å². The number of imidazole rings is 1. The monoisotopic (exact) mass is 441 g/mol. The van der Waals surface area contributed by atoms with E-state index in [2.05, 4.69) is 25.2 Å². The molecule has 2 heterocycles. The van der Waals surface area contributed by atoms with E-state index in [1.54, 1.807) is 26.0 Å². The van der Waals surface area contributed by atoms with Crippen molar-refractivity contribution < 1.29 is 17.7 Å². The summed E-state index contributed by atoms with van der Waals surface area (Å²) in [6, 6.07) is 10.5. The number of H-pyrrole nitrogens is 2. The van der Waals surface area contributed by atoms with Gasteiger partial charge >= 0.3 is 5.69 Å². The van der Waals surface area contributed by atoms with Crippen LogP contribution in [0.5, 0.6) is 0 Å². The zero-order chi connectivity index (χ0) is 22.2. The Morgan fingerprint density at radius 2 is 1.84 bits per heavy atom. The van der Waals surface area contributed by atoms with Gasteiger partial charge in [-0.25, -0.2) is 13.2 Å². The minimum atomic E-state index is -4.01. The van der Waals surface area contributed by atoms with Crippen molar-refractivity contribution in [2.75, 3.05) is 4.72 Å². The quantitative estimate of drug-likeness (QED) is 0.360. The van der Waals surface area contributed by atoms with E-state index in [0.717, 1.165) is 5.56 Å². The molecule has 4 N–H and O–H groups in total. The summed E-state index contributed by atoms with van der Waals surface area (Å²) < 4.78 is 33.3. The molecule has 2 aromatic carbocycles. The largest absolute Gasteiger partial charge is 0.361 e. The molecule has 11 heteroatoms. The molecule has 4 aromatic rings. The van der Waals surface area contributed by atoms with Gasteiger partial charge < -0.3 is 19.8 Å². The number of nitrogens with one attached hydrogen (secondary N) is 4.